The molecule has 1 aromatic heterocycles. The number of aromatic nitrogens is 1. The summed E-state index contributed by atoms with van der Waals surface area (Å²) in [6, 6.07) is 7.15. The van der Waals surface area contributed by atoms with Crippen LogP contribution in [-0.2, 0) is 9.47 Å². The highest BCUT2D eigenvalue weighted by Crippen LogP contribution is 2.38. The lowest BCUT2D eigenvalue weighted by molar-refractivity contribution is -0.176. The summed E-state index contributed by atoms with van der Waals surface area (Å²) in [6.07, 6.45) is 2.47. The Balaban J connectivity index is 1.60. The van der Waals surface area contributed by atoms with Crippen molar-refractivity contribution >= 4 is 35.5 Å². The van der Waals surface area contributed by atoms with E-state index in [0.29, 0.717) is 16.7 Å². The molecule has 0 aliphatic carbocycles. The van der Waals surface area contributed by atoms with Crippen molar-refractivity contribution in [2.75, 3.05) is 32.0 Å². The molecule has 4 rings (SSSR count). The fraction of sp³-hybridized carbons (Fsp3) is 0.391. The molecule has 8 nitrogen and oxygen atoms in total. The molecule has 1 spiro atoms. The van der Waals surface area contributed by atoms with E-state index in [2.05, 4.69) is 0 Å². The first-order chi connectivity index (χ1) is 15.0. The molecule has 0 bridgehead atoms. The van der Waals surface area contributed by atoms with Gasteiger partial charge in [-0.1, -0.05) is 23.7 Å². The lowest BCUT2D eigenvalue weighted by Crippen LogP contribution is -2.67. The molecule has 170 valence electrons. The molecular weight excluding hydrogens is 432 g/mol. The molecular formula is C23H27ClN4O4. The third-order valence-corrected chi connectivity index (χ3v) is 5.66. The van der Waals surface area contributed by atoms with E-state index < -0.39 is 11.7 Å². The molecule has 2 saturated heterocycles. The van der Waals surface area contributed by atoms with Crippen LogP contribution in [0.25, 0.3) is 17.2 Å². The molecule has 1 amide bonds. The summed E-state index contributed by atoms with van der Waals surface area (Å²) >= 11 is 5.90. The Morgan fingerprint density at radius 1 is 1.19 bits per heavy atom. The number of rotatable bonds is 3. The number of nitrogen functional groups attached to an aromatic ring is 1. The Morgan fingerprint density at radius 2 is 1.81 bits per heavy atom. The van der Waals surface area contributed by atoms with E-state index in [1.165, 1.54) is 10.6 Å². The predicted octanol–water partition coefficient (Wildman–Crippen LogP) is 3.49. The summed E-state index contributed by atoms with van der Waals surface area (Å²) in [6.45, 7) is 8.24. The monoisotopic (exact) mass is 458 g/mol. The minimum Gasteiger partial charge on any atom is -0.443 e. The lowest BCUT2D eigenvalue weighted by Gasteiger charge is -2.54. The van der Waals surface area contributed by atoms with Crippen molar-refractivity contribution in [3.8, 4) is 11.1 Å². The van der Waals surface area contributed by atoms with E-state index in [-0.39, 0.29) is 22.3 Å². The van der Waals surface area contributed by atoms with Crippen LogP contribution in [0.3, 0.4) is 0 Å². The maximum absolute atomic E-state index is 12.8. The lowest BCUT2D eigenvalue weighted by atomic mass is 9.78. The first-order valence-electron chi connectivity index (χ1n) is 10.3. The van der Waals surface area contributed by atoms with E-state index in [4.69, 9.17) is 32.5 Å². The maximum Gasteiger partial charge on any atom is 0.420 e. The minimum atomic E-state index is -0.682. The Bertz CT molecular complexity index is 1080. The van der Waals surface area contributed by atoms with Crippen LogP contribution < -0.4 is 11.5 Å². The Morgan fingerprint density at radius 3 is 2.31 bits per heavy atom. The Hall–Kier alpha value is -2.97. The molecule has 0 saturated carbocycles. The predicted molar refractivity (Wildman–Crippen MR) is 123 cm³/mol. The van der Waals surface area contributed by atoms with E-state index in [1.54, 1.807) is 39.1 Å². The third kappa shape index (κ3) is 4.20. The van der Waals surface area contributed by atoms with Gasteiger partial charge >= 0.3 is 6.09 Å². The first kappa shape index (κ1) is 22.2. The van der Waals surface area contributed by atoms with Crippen molar-refractivity contribution in [2.45, 2.75) is 26.4 Å². The number of nitrogens with two attached hydrogens (primary N) is 2. The molecule has 3 heterocycles. The highest BCUT2D eigenvalue weighted by Gasteiger charge is 2.50. The smallest absolute Gasteiger partial charge is 0.420 e. The molecule has 2 aliphatic rings. The summed E-state index contributed by atoms with van der Waals surface area (Å²) in [7, 11) is 0. The quantitative estimate of drug-likeness (QED) is 0.681. The first-order valence-corrected chi connectivity index (χ1v) is 10.7. The van der Waals surface area contributed by atoms with E-state index in [1.807, 2.05) is 17.0 Å². The van der Waals surface area contributed by atoms with Gasteiger partial charge in [0.1, 0.15) is 11.4 Å². The summed E-state index contributed by atoms with van der Waals surface area (Å²) in [5.74, 6) is 0.150. The van der Waals surface area contributed by atoms with Crippen molar-refractivity contribution < 1.29 is 19.1 Å². The summed E-state index contributed by atoms with van der Waals surface area (Å²) in [5, 5.41) is 0.0263. The van der Waals surface area contributed by atoms with Crippen LogP contribution in [0.5, 0.6) is 0 Å². The molecule has 2 fully saturated rings. The number of carbonyl (C=O) groups excluding carboxylic acids is 2. The second kappa shape index (κ2) is 7.86. The second-order valence-electron chi connectivity index (χ2n) is 9.45. The van der Waals surface area contributed by atoms with Crippen molar-refractivity contribution in [1.82, 2.24) is 9.47 Å². The Kier molecular flexibility index (Phi) is 5.46. The van der Waals surface area contributed by atoms with Gasteiger partial charge in [-0.15, -0.1) is 0 Å². The van der Waals surface area contributed by atoms with Gasteiger partial charge in [-0.3, -0.25) is 4.79 Å². The largest absolute Gasteiger partial charge is 0.443 e. The third-order valence-electron chi connectivity index (χ3n) is 5.56. The van der Waals surface area contributed by atoms with Gasteiger partial charge < -0.3 is 25.8 Å². The summed E-state index contributed by atoms with van der Waals surface area (Å²) < 4.78 is 11.9. The molecule has 2 aliphatic heterocycles. The van der Waals surface area contributed by atoms with Crippen molar-refractivity contribution in [2.24, 2.45) is 11.1 Å². The number of anilines is 1. The van der Waals surface area contributed by atoms with Crippen LogP contribution in [0.2, 0.25) is 0 Å². The Labute approximate surface area is 191 Å². The number of halogens is 1. The minimum absolute atomic E-state index is 0.00923. The average molecular weight is 459 g/mol. The van der Waals surface area contributed by atoms with Gasteiger partial charge in [-0.25, -0.2) is 9.36 Å². The number of carbonyl (C=O) groups is 2. The number of benzene rings is 1. The number of nitrogens with zero attached hydrogens (tertiary/aromatic N) is 2. The van der Waals surface area contributed by atoms with Crippen LogP contribution in [0.4, 0.5) is 10.6 Å². The van der Waals surface area contributed by atoms with Crippen molar-refractivity contribution in [1.29, 1.82) is 0 Å². The topological polar surface area (TPSA) is 113 Å². The van der Waals surface area contributed by atoms with Gasteiger partial charge in [0.25, 0.3) is 5.91 Å². The van der Waals surface area contributed by atoms with Crippen LogP contribution in [0.1, 0.15) is 36.7 Å². The average Bonchev–Trinajstić information content (AvgIpc) is 2.94. The van der Waals surface area contributed by atoms with Crippen LogP contribution in [-0.4, -0.2) is 53.4 Å². The SMILES string of the molecule is CC(C)(C)OC(=O)n1cc(-c2ccc(C(=O)N3CC4(COC4)C3)cc2)c(/C=C(\N)Cl)c1N. The highest BCUT2D eigenvalue weighted by atomic mass is 35.5. The number of amides is 1. The zero-order valence-electron chi connectivity index (χ0n) is 18.4. The second-order valence-corrected chi connectivity index (χ2v) is 9.89. The summed E-state index contributed by atoms with van der Waals surface area (Å²) in [4.78, 5) is 27.2. The van der Waals surface area contributed by atoms with Crippen molar-refractivity contribution in [3.05, 3.63) is 46.7 Å². The fourth-order valence-corrected chi connectivity index (χ4v) is 4.08. The van der Waals surface area contributed by atoms with E-state index >= 15 is 0 Å². The molecule has 0 atom stereocenters. The molecule has 0 radical (unpaired) electrons. The highest BCUT2D eigenvalue weighted by molar-refractivity contribution is 6.31. The zero-order valence-corrected chi connectivity index (χ0v) is 19.1. The number of likely N-dealkylation sites (tertiary alicyclic amines) is 1. The van der Waals surface area contributed by atoms with Gasteiger partial charge in [-0.2, -0.15) is 0 Å². The standard InChI is InChI=1S/C23H27ClN4O4/c1-22(2,3)32-21(30)28-9-17(16(19(28)26)8-18(24)25)14-4-6-15(7-5-14)20(29)27-10-23(11-27)12-31-13-23/h4-9H,10-13,25-26H2,1-3H3/b18-8-. The van der Waals surface area contributed by atoms with Crippen LogP contribution in [0.15, 0.2) is 35.6 Å². The molecule has 32 heavy (non-hydrogen) atoms. The molecule has 1 aromatic carbocycles. The van der Waals surface area contributed by atoms with E-state index in [9.17, 15) is 9.59 Å². The van der Waals surface area contributed by atoms with Crippen LogP contribution in [0, 0.1) is 5.41 Å². The van der Waals surface area contributed by atoms with Gasteiger partial charge in [0.05, 0.1) is 23.8 Å². The molecule has 0 unspecified atom stereocenters. The normalized spacial score (nSPS) is 17.6. The zero-order chi connectivity index (χ0) is 23.3. The molecule has 4 N–H and O–H groups in total. The molecule has 9 heteroatoms. The van der Waals surface area contributed by atoms with Crippen LogP contribution >= 0.6 is 11.6 Å². The number of hydrogen-bond acceptors (Lipinski definition) is 6. The van der Waals surface area contributed by atoms with Gasteiger partial charge in [0.2, 0.25) is 0 Å². The number of ether oxygens (including phenoxy) is 2. The van der Waals surface area contributed by atoms with E-state index in [0.717, 1.165) is 31.9 Å². The van der Waals surface area contributed by atoms with Gasteiger partial charge in [0.15, 0.2) is 0 Å². The van der Waals surface area contributed by atoms with Gasteiger partial charge in [-0.05, 0) is 44.5 Å². The number of hydrogen-bond donors (Lipinski definition) is 2. The molecule has 2 aromatic rings. The maximum atomic E-state index is 12.8. The fourth-order valence-electron chi connectivity index (χ4n) is 3.97. The summed E-state index contributed by atoms with van der Waals surface area (Å²) in [5.41, 5.74) is 13.9. The van der Waals surface area contributed by atoms with Gasteiger partial charge in [0, 0.05) is 36.0 Å². The van der Waals surface area contributed by atoms with Crippen molar-refractivity contribution in [3.63, 3.8) is 0 Å².